The molecule has 0 saturated heterocycles. The van der Waals surface area contributed by atoms with Crippen molar-refractivity contribution in [1.29, 1.82) is 0 Å². The second kappa shape index (κ2) is 8.02. The number of carbonyl (C=O) groups excluding carboxylic acids is 1. The van der Waals surface area contributed by atoms with E-state index in [1.54, 1.807) is 11.8 Å². The first-order valence-electron chi connectivity index (χ1n) is 7.73. The molecule has 23 heavy (non-hydrogen) atoms. The maximum Gasteiger partial charge on any atom is 0.252 e. The summed E-state index contributed by atoms with van der Waals surface area (Å²) in [7, 11) is 0. The first-order valence-corrected chi connectivity index (χ1v) is 8.72. The van der Waals surface area contributed by atoms with Crippen LogP contribution in [0.15, 0.2) is 60.0 Å². The van der Waals surface area contributed by atoms with E-state index in [0.717, 1.165) is 21.8 Å². The third kappa shape index (κ3) is 4.49. The summed E-state index contributed by atoms with van der Waals surface area (Å²) in [4.78, 5) is 13.6. The molecule has 3 heteroatoms. The lowest BCUT2D eigenvalue weighted by Gasteiger charge is -2.18. The van der Waals surface area contributed by atoms with Gasteiger partial charge in [0.25, 0.3) is 5.91 Å². The fourth-order valence-electron chi connectivity index (χ4n) is 2.59. The maximum absolute atomic E-state index is 12.6. The van der Waals surface area contributed by atoms with Gasteiger partial charge in [-0.3, -0.25) is 4.79 Å². The number of aryl methyl sites for hydroxylation is 2. The number of benzene rings is 2. The lowest BCUT2D eigenvalue weighted by atomic mass is 10.00. The zero-order valence-corrected chi connectivity index (χ0v) is 14.7. The van der Waals surface area contributed by atoms with Crippen LogP contribution in [0.1, 0.15) is 40.0 Å². The largest absolute Gasteiger partial charge is 0.345 e. The van der Waals surface area contributed by atoms with Crippen LogP contribution in [0.4, 0.5) is 0 Å². The van der Waals surface area contributed by atoms with E-state index in [1.807, 2.05) is 37.3 Å². The summed E-state index contributed by atoms with van der Waals surface area (Å²) in [5.41, 5.74) is 4.30. The molecular weight excluding hydrogens is 302 g/mol. The van der Waals surface area contributed by atoms with Gasteiger partial charge in [0, 0.05) is 10.6 Å². The summed E-state index contributed by atoms with van der Waals surface area (Å²) in [6.45, 7) is 9.92. The molecule has 1 N–H and O–H groups in total. The van der Waals surface area contributed by atoms with Gasteiger partial charge in [-0.2, -0.15) is 0 Å². The molecule has 1 amide bonds. The highest BCUT2D eigenvalue weighted by Gasteiger charge is 2.15. The number of rotatable bonds is 6. The summed E-state index contributed by atoms with van der Waals surface area (Å²) in [5, 5.41) is 3.11. The molecule has 0 unspecified atom stereocenters. The Balaban J connectivity index is 2.17. The van der Waals surface area contributed by atoms with Gasteiger partial charge >= 0.3 is 0 Å². The van der Waals surface area contributed by atoms with Gasteiger partial charge in [-0.1, -0.05) is 42.0 Å². The lowest BCUT2D eigenvalue weighted by Crippen LogP contribution is -2.27. The Labute approximate surface area is 143 Å². The molecule has 0 bridgehead atoms. The van der Waals surface area contributed by atoms with Crippen LogP contribution in [0.2, 0.25) is 0 Å². The van der Waals surface area contributed by atoms with Crippen molar-refractivity contribution in [2.75, 3.05) is 5.75 Å². The number of nitrogens with one attached hydrogen (secondary N) is 1. The molecule has 0 aromatic heterocycles. The highest BCUT2D eigenvalue weighted by atomic mass is 32.2. The highest BCUT2D eigenvalue weighted by molar-refractivity contribution is 7.99. The molecule has 0 radical (unpaired) electrons. The Hall–Kier alpha value is -2.00. The Bertz CT molecular complexity index is 709. The van der Waals surface area contributed by atoms with Crippen molar-refractivity contribution >= 4 is 17.7 Å². The Kier molecular flexibility index (Phi) is 6.05. The predicted molar refractivity (Wildman–Crippen MR) is 99.2 cm³/mol. The minimum absolute atomic E-state index is 0.0273. The summed E-state index contributed by atoms with van der Waals surface area (Å²) < 4.78 is 0. The van der Waals surface area contributed by atoms with Gasteiger partial charge in [0.1, 0.15) is 0 Å². The van der Waals surface area contributed by atoms with Crippen LogP contribution < -0.4 is 5.32 Å². The van der Waals surface area contributed by atoms with Crippen molar-refractivity contribution in [2.24, 2.45) is 0 Å². The molecular formula is C20H23NOS. The molecule has 1 atom stereocenters. The maximum atomic E-state index is 12.6. The molecule has 0 saturated carbocycles. The van der Waals surface area contributed by atoms with Gasteiger partial charge in [0.15, 0.2) is 0 Å². The lowest BCUT2D eigenvalue weighted by molar-refractivity contribution is 0.0937. The SMILES string of the molecule is C=CCSc1ccccc1C(=O)N[C@H](C)c1ccc(C)cc1C. The van der Waals surface area contributed by atoms with Crippen LogP contribution in [-0.4, -0.2) is 11.7 Å². The molecule has 2 aromatic rings. The van der Waals surface area contributed by atoms with Gasteiger partial charge in [-0.15, -0.1) is 18.3 Å². The number of amides is 1. The molecule has 0 aliphatic carbocycles. The quantitative estimate of drug-likeness (QED) is 0.593. The van der Waals surface area contributed by atoms with Gasteiger partial charge in [-0.25, -0.2) is 0 Å². The molecule has 0 heterocycles. The van der Waals surface area contributed by atoms with Gasteiger partial charge in [0.2, 0.25) is 0 Å². The number of hydrogen-bond acceptors (Lipinski definition) is 2. The summed E-state index contributed by atoms with van der Waals surface area (Å²) in [6.07, 6.45) is 1.84. The minimum Gasteiger partial charge on any atom is -0.345 e. The topological polar surface area (TPSA) is 29.1 Å². The first-order chi connectivity index (χ1) is 11.0. The average molecular weight is 325 g/mol. The molecule has 0 aliphatic rings. The fraction of sp³-hybridized carbons (Fsp3) is 0.250. The van der Waals surface area contributed by atoms with Crippen LogP contribution in [-0.2, 0) is 0 Å². The van der Waals surface area contributed by atoms with Crippen molar-refractivity contribution in [1.82, 2.24) is 5.32 Å². The van der Waals surface area contributed by atoms with E-state index in [0.29, 0.717) is 0 Å². The van der Waals surface area contributed by atoms with Crippen LogP contribution in [0.25, 0.3) is 0 Å². The van der Waals surface area contributed by atoms with E-state index in [4.69, 9.17) is 0 Å². The van der Waals surface area contributed by atoms with E-state index in [1.165, 1.54) is 11.1 Å². The molecule has 0 aliphatic heterocycles. The predicted octanol–water partition coefficient (Wildman–Crippen LogP) is 5.07. The molecule has 0 fully saturated rings. The Morgan fingerprint density at radius 3 is 2.70 bits per heavy atom. The van der Waals surface area contributed by atoms with Crippen molar-refractivity contribution in [2.45, 2.75) is 31.7 Å². The zero-order chi connectivity index (χ0) is 16.8. The van der Waals surface area contributed by atoms with Gasteiger partial charge in [-0.05, 0) is 44.0 Å². The average Bonchev–Trinajstić information content (AvgIpc) is 2.52. The molecule has 2 rings (SSSR count). The van der Waals surface area contributed by atoms with E-state index in [2.05, 4.69) is 43.9 Å². The second-order valence-electron chi connectivity index (χ2n) is 5.65. The summed E-state index contributed by atoms with van der Waals surface area (Å²) >= 11 is 1.62. The minimum atomic E-state index is -0.0374. The molecule has 0 spiro atoms. The third-order valence-electron chi connectivity index (χ3n) is 3.73. The number of hydrogen-bond donors (Lipinski definition) is 1. The monoisotopic (exact) mass is 325 g/mol. The van der Waals surface area contributed by atoms with Crippen molar-refractivity contribution in [3.63, 3.8) is 0 Å². The summed E-state index contributed by atoms with van der Waals surface area (Å²) in [5.74, 6) is 0.751. The second-order valence-corrected chi connectivity index (χ2v) is 6.71. The Morgan fingerprint density at radius 1 is 1.26 bits per heavy atom. The van der Waals surface area contributed by atoms with Crippen molar-refractivity contribution in [3.05, 3.63) is 77.4 Å². The van der Waals surface area contributed by atoms with Crippen LogP contribution >= 0.6 is 11.8 Å². The van der Waals surface area contributed by atoms with Crippen LogP contribution in [0.3, 0.4) is 0 Å². The van der Waals surface area contributed by atoms with E-state index in [-0.39, 0.29) is 11.9 Å². The van der Waals surface area contributed by atoms with Gasteiger partial charge in [0.05, 0.1) is 11.6 Å². The standard InChI is InChI=1S/C20H23NOS/c1-5-12-23-19-9-7-6-8-18(19)20(22)21-16(4)17-11-10-14(2)13-15(17)3/h5-11,13,16H,1,12H2,2-4H3,(H,21,22)/t16-/m1/s1. The third-order valence-corrected chi connectivity index (χ3v) is 4.80. The van der Waals surface area contributed by atoms with E-state index < -0.39 is 0 Å². The van der Waals surface area contributed by atoms with E-state index in [9.17, 15) is 4.79 Å². The molecule has 120 valence electrons. The number of carbonyl (C=O) groups is 1. The van der Waals surface area contributed by atoms with Crippen molar-refractivity contribution in [3.8, 4) is 0 Å². The normalized spacial score (nSPS) is 11.8. The van der Waals surface area contributed by atoms with E-state index >= 15 is 0 Å². The van der Waals surface area contributed by atoms with Crippen LogP contribution in [0.5, 0.6) is 0 Å². The van der Waals surface area contributed by atoms with Crippen molar-refractivity contribution < 1.29 is 4.79 Å². The number of thioether (sulfide) groups is 1. The molecule has 2 aromatic carbocycles. The summed E-state index contributed by atoms with van der Waals surface area (Å²) in [6, 6.07) is 14.0. The molecule has 2 nitrogen and oxygen atoms in total. The van der Waals surface area contributed by atoms with Crippen LogP contribution in [0, 0.1) is 13.8 Å². The highest BCUT2D eigenvalue weighted by Crippen LogP contribution is 2.24. The zero-order valence-electron chi connectivity index (χ0n) is 13.9. The smallest absolute Gasteiger partial charge is 0.252 e. The van der Waals surface area contributed by atoms with Gasteiger partial charge < -0.3 is 5.32 Å². The first kappa shape index (κ1) is 17.4. The Morgan fingerprint density at radius 2 is 2.00 bits per heavy atom. The fourth-order valence-corrected chi connectivity index (χ4v) is 3.38.